The first-order valence-electron chi connectivity index (χ1n) is 7.75. The summed E-state index contributed by atoms with van der Waals surface area (Å²) in [6.45, 7) is 8.21. The van der Waals surface area contributed by atoms with Crippen LogP contribution in [0.25, 0.3) is 0 Å². The lowest BCUT2D eigenvalue weighted by atomic mass is 10.1. The second kappa shape index (κ2) is 7.21. The van der Waals surface area contributed by atoms with Gasteiger partial charge in [-0.1, -0.05) is 12.1 Å². The molecule has 0 atom stereocenters. The van der Waals surface area contributed by atoms with Gasteiger partial charge >= 0.3 is 0 Å². The zero-order valence-corrected chi connectivity index (χ0v) is 14.3. The molecule has 0 bridgehead atoms. The zero-order valence-electron chi connectivity index (χ0n) is 13.5. The van der Waals surface area contributed by atoms with E-state index in [1.54, 1.807) is 0 Å². The number of benzene rings is 1. The maximum Gasteiger partial charge on any atom is 0.275 e. The standard InChI is InChI=1S/C17H21N3O2S/c1-12-4-3-5-14(13(12)2)19-17(21)15-11-23-16(18-15)10-20-6-8-22-9-7-20/h3-5,11H,6-10H2,1-2H3,(H,19,21). The second-order valence-electron chi connectivity index (χ2n) is 5.72. The first kappa shape index (κ1) is 16.1. The van der Waals surface area contributed by atoms with Gasteiger partial charge in [0.05, 0.1) is 19.8 Å². The van der Waals surface area contributed by atoms with Crippen LogP contribution in [-0.2, 0) is 11.3 Å². The Kier molecular flexibility index (Phi) is 5.05. The van der Waals surface area contributed by atoms with Crippen LogP contribution < -0.4 is 5.32 Å². The molecule has 1 aliphatic rings. The van der Waals surface area contributed by atoms with Crippen molar-refractivity contribution < 1.29 is 9.53 Å². The number of aryl methyl sites for hydroxylation is 1. The predicted octanol–water partition coefficient (Wildman–Crippen LogP) is 2.84. The van der Waals surface area contributed by atoms with E-state index in [1.807, 2.05) is 37.4 Å². The summed E-state index contributed by atoms with van der Waals surface area (Å²) in [5, 5.41) is 5.76. The lowest BCUT2D eigenvalue weighted by molar-refractivity contribution is 0.0341. The first-order valence-corrected chi connectivity index (χ1v) is 8.63. The van der Waals surface area contributed by atoms with Crippen LogP contribution >= 0.6 is 11.3 Å². The van der Waals surface area contributed by atoms with E-state index in [9.17, 15) is 4.79 Å². The molecule has 23 heavy (non-hydrogen) atoms. The van der Waals surface area contributed by atoms with Crippen LogP contribution in [0.4, 0.5) is 5.69 Å². The number of aromatic nitrogens is 1. The highest BCUT2D eigenvalue weighted by atomic mass is 32.1. The summed E-state index contributed by atoms with van der Waals surface area (Å²) < 4.78 is 5.35. The van der Waals surface area contributed by atoms with Crippen molar-refractivity contribution in [2.45, 2.75) is 20.4 Å². The van der Waals surface area contributed by atoms with E-state index in [4.69, 9.17) is 4.74 Å². The average molecular weight is 331 g/mol. The normalized spacial score (nSPS) is 15.6. The van der Waals surface area contributed by atoms with Crippen molar-refractivity contribution in [3.63, 3.8) is 0 Å². The van der Waals surface area contributed by atoms with Crippen molar-refractivity contribution in [3.05, 3.63) is 45.4 Å². The molecule has 0 aliphatic carbocycles. The SMILES string of the molecule is Cc1cccc(NC(=O)c2csc(CN3CCOCC3)n2)c1C. The molecule has 1 amide bonds. The lowest BCUT2D eigenvalue weighted by Gasteiger charge is -2.25. The van der Waals surface area contributed by atoms with Gasteiger partial charge in [-0.15, -0.1) is 11.3 Å². The molecular weight excluding hydrogens is 310 g/mol. The number of anilines is 1. The number of amides is 1. The Morgan fingerprint density at radius 2 is 2.13 bits per heavy atom. The molecule has 1 aliphatic heterocycles. The summed E-state index contributed by atoms with van der Waals surface area (Å²) >= 11 is 1.54. The molecule has 0 unspecified atom stereocenters. The molecule has 1 aromatic carbocycles. The molecule has 1 saturated heterocycles. The number of morpholine rings is 1. The number of nitrogens with one attached hydrogen (secondary N) is 1. The third-order valence-corrected chi connectivity index (χ3v) is 4.93. The van der Waals surface area contributed by atoms with E-state index >= 15 is 0 Å². The van der Waals surface area contributed by atoms with Crippen LogP contribution in [0.15, 0.2) is 23.6 Å². The number of ether oxygens (including phenoxy) is 1. The topological polar surface area (TPSA) is 54.5 Å². The van der Waals surface area contributed by atoms with Gasteiger partial charge in [-0.2, -0.15) is 0 Å². The van der Waals surface area contributed by atoms with E-state index < -0.39 is 0 Å². The maximum absolute atomic E-state index is 12.4. The van der Waals surface area contributed by atoms with E-state index in [1.165, 1.54) is 11.3 Å². The van der Waals surface area contributed by atoms with Crippen LogP contribution in [0.2, 0.25) is 0 Å². The highest BCUT2D eigenvalue weighted by Crippen LogP contribution is 2.20. The van der Waals surface area contributed by atoms with Crippen LogP contribution in [0.1, 0.15) is 26.6 Å². The monoisotopic (exact) mass is 331 g/mol. The first-order chi connectivity index (χ1) is 11.1. The molecule has 3 rings (SSSR count). The van der Waals surface area contributed by atoms with Crippen molar-refractivity contribution >= 4 is 22.9 Å². The van der Waals surface area contributed by atoms with Gasteiger partial charge in [0.25, 0.3) is 5.91 Å². The van der Waals surface area contributed by atoms with Gasteiger partial charge in [0, 0.05) is 24.2 Å². The van der Waals surface area contributed by atoms with Gasteiger partial charge in [0.2, 0.25) is 0 Å². The molecule has 6 heteroatoms. The highest BCUT2D eigenvalue weighted by molar-refractivity contribution is 7.09. The van der Waals surface area contributed by atoms with Gasteiger partial charge in [-0.25, -0.2) is 4.98 Å². The number of nitrogens with zero attached hydrogens (tertiary/aromatic N) is 2. The van der Waals surface area contributed by atoms with Gasteiger partial charge in [-0.3, -0.25) is 9.69 Å². The molecule has 2 aromatic rings. The molecule has 1 aromatic heterocycles. The smallest absolute Gasteiger partial charge is 0.275 e. The minimum Gasteiger partial charge on any atom is -0.379 e. The molecule has 1 fully saturated rings. The van der Waals surface area contributed by atoms with Gasteiger partial charge in [-0.05, 0) is 31.0 Å². The Hall–Kier alpha value is -1.76. The Labute approximate surface area is 140 Å². The van der Waals surface area contributed by atoms with Crippen molar-refractivity contribution in [1.82, 2.24) is 9.88 Å². The summed E-state index contributed by atoms with van der Waals surface area (Å²) in [6, 6.07) is 5.90. The van der Waals surface area contributed by atoms with Gasteiger partial charge < -0.3 is 10.1 Å². The number of hydrogen-bond acceptors (Lipinski definition) is 5. The predicted molar refractivity (Wildman–Crippen MR) is 92.1 cm³/mol. The maximum atomic E-state index is 12.4. The summed E-state index contributed by atoms with van der Waals surface area (Å²) in [6.07, 6.45) is 0. The molecular formula is C17H21N3O2S. The third-order valence-electron chi connectivity index (χ3n) is 4.10. The van der Waals surface area contributed by atoms with Gasteiger partial charge in [0.1, 0.15) is 10.7 Å². The average Bonchev–Trinajstić information content (AvgIpc) is 3.01. The number of hydrogen-bond donors (Lipinski definition) is 1. The number of carbonyl (C=O) groups excluding carboxylic acids is 1. The minimum atomic E-state index is -0.150. The molecule has 122 valence electrons. The third kappa shape index (κ3) is 3.96. The summed E-state index contributed by atoms with van der Waals surface area (Å²) in [5.41, 5.74) is 3.58. The number of rotatable bonds is 4. The number of thiazole rings is 1. The van der Waals surface area contributed by atoms with Crippen molar-refractivity contribution in [1.29, 1.82) is 0 Å². The second-order valence-corrected chi connectivity index (χ2v) is 6.66. The van der Waals surface area contributed by atoms with E-state index in [0.29, 0.717) is 5.69 Å². The largest absolute Gasteiger partial charge is 0.379 e. The van der Waals surface area contributed by atoms with Crippen LogP contribution in [0, 0.1) is 13.8 Å². The van der Waals surface area contributed by atoms with Crippen molar-refractivity contribution in [2.75, 3.05) is 31.6 Å². The van der Waals surface area contributed by atoms with Crippen molar-refractivity contribution in [3.8, 4) is 0 Å². The fourth-order valence-corrected chi connectivity index (χ4v) is 3.33. The lowest BCUT2D eigenvalue weighted by Crippen LogP contribution is -2.35. The molecule has 1 N–H and O–H groups in total. The fourth-order valence-electron chi connectivity index (χ4n) is 2.51. The highest BCUT2D eigenvalue weighted by Gasteiger charge is 2.16. The van der Waals surface area contributed by atoms with Crippen molar-refractivity contribution in [2.24, 2.45) is 0 Å². The molecule has 2 heterocycles. The summed E-state index contributed by atoms with van der Waals surface area (Å²) in [7, 11) is 0. The van der Waals surface area contributed by atoms with E-state index in [-0.39, 0.29) is 5.91 Å². The molecule has 0 radical (unpaired) electrons. The zero-order chi connectivity index (χ0) is 16.2. The fraction of sp³-hybridized carbons (Fsp3) is 0.412. The Balaban J connectivity index is 1.65. The minimum absolute atomic E-state index is 0.150. The Morgan fingerprint density at radius 3 is 2.91 bits per heavy atom. The van der Waals surface area contributed by atoms with Crippen LogP contribution in [0.5, 0.6) is 0 Å². The van der Waals surface area contributed by atoms with Crippen LogP contribution in [-0.4, -0.2) is 42.1 Å². The summed E-state index contributed by atoms with van der Waals surface area (Å²) in [4.78, 5) is 19.2. The summed E-state index contributed by atoms with van der Waals surface area (Å²) in [5.74, 6) is -0.150. The molecule has 5 nitrogen and oxygen atoms in total. The van der Waals surface area contributed by atoms with Crippen LogP contribution in [0.3, 0.4) is 0 Å². The molecule has 0 saturated carbocycles. The van der Waals surface area contributed by atoms with Gasteiger partial charge in [0.15, 0.2) is 0 Å². The Bertz CT molecular complexity index is 693. The Morgan fingerprint density at radius 1 is 1.35 bits per heavy atom. The van der Waals surface area contributed by atoms with E-state index in [0.717, 1.165) is 54.7 Å². The molecule has 0 spiro atoms. The number of carbonyl (C=O) groups is 1. The quantitative estimate of drug-likeness (QED) is 0.936. The van der Waals surface area contributed by atoms with E-state index in [2.05, 4.69) is 15.2 Å².